The molecule has 2 heterocycles. The number of nitrogens with one attached hydrogen (secondary N) is 1. The second-order valence-corrected chi connectivity index (χ2v) is 7.33. The van der Waals surface area contributed by atoms with Crippen molar-refractivity contribution in [3.63, 3.8) is 0 Å². The minimum absolute atomic E-state index is 0.111. The van der Waals surface area contributed by atoms with E-state index in [1.807, 2.05) is 31.3 Å². The number of carbonyl (C=O) groups is 1. The molecule has 0 aliphatic carbocycles. The lowest BCUT2D eigenvalue weighted by molar-refractivity contribution is -0.161. The van der Waals surface area contributed by atoms with Crippen molar-refractivity contribution in [1.29, 1.82) is 0 Å². The molecular formula is C19H24N2O3S. The third-order valence-electron chi connectivity index (χ3n) is 4.50. The summed E-state index contributed by atoms with van der Waals surface area (Å²) in [5, 5.41) is 4.45. The van der Waals surface area contributed by atoms with Gasteiger partial charge in [0.25, 0.3) is 0 Å². The van der Waals surface area contributed by atoms with Crippen LogP contribution in [0.2, 0.25) is 0 Å². The van der Waals surface area contributed by atoms with Crippen molar-refractivity contribution < 1.29 is 14.3 Å². The van der Waals surface area contributed by atoms with Gasteiger partial charge in [-0.2, -0.15) is 0 Å². The van der Waals surface area contributed by atoms with Gasteiger partial charge < -0.3 is 14.8 Å². The van der Waals surface area contributed by atoms with E-state index in [0.717, 1.165) is 15.4 Å². The quantitative estimate of drug-likeness (QED) is 0.768. The Morgan fingerprint density at radius 3 is 2.80 bits per heavy atom. The molecule has 5 nitrogen and oxygen atoms in total. The molecular weight excluding hydrogens is 336 g/mol. The van der Waals surface area contributed by atoms with E-state index in [9.17, 15) is 4.79 Å². The van der Waals surface area contributed by atoms with Gasteiger partial charge >= 0.3 is 5.97 Å². The Bertz CT molecular complexity index is 681. The first-order valence-corrected chi connectivity index (χ1v) is 9.51. The highest BCUT2D eigenvalue weighted by atomic mass is 32.1. The van der Waals surface area contributed by atoms with Crippen LogP contribution in [0.15, 0.2) is 36.5 Å². The van der Waals surface area contributed by atoms with Crippen LogP contribution in [0.3, 0.4) is 0 Å². The molecule has 3 rings (SSSR count). The van der Waals surface area contributed by atoms with Gasteiger partial charge in [0.1, 0.15) is 5.01 Å². The van der Waals surface area contributed by atoms with Crippen molar-refractivity contribution in [2.45, 2.75) is 26.3 Å². The molecule has 1 aliphatic heterocycles. The van der Waals surface area contributed by atoms with E-state index in [-0.39, 0.29) is 5.97 Å². The molecule has 1 aromatic carbocycles. The fourth-order valence-electron chi connectivity index (χ4n) is 3.03. The van der Waals surface area contributed by atoms with Crippen molar-refractivity contribution >= 4 is 17.3 Å². The number of hydrogen-bond donors (Lipinski definition) is 1. The first-order valence-electron chi connectivity index (χ1n) is 8.69. The normalized spacial score (nSPS) is 16.5. The molecule has 0 unspecified atom stereocenters. The number of thiazole rings is 1. The Morgan fingerprint density at radius 1 is 1.32 bits per heavy atom. The SMILES string of the molecule is CCOC(=O)C1(CNCc2cnc(-c3ccccc3)s2)CCOCC1. The summed E-state index contributed by atoms with van der Waals surface area (Å²) in [7, 11) is 0. The Balaban J connectivity index is 1.59. The summed E-state index contributed by atoms with van der Waals surface area (Å²) in [6.45, 7) is 4.79. The van der Waals surface area contributed by atoms with Crippen LogP contribution in [-0.4, -0.2) is 37.3 Å². The second-order valence-electron chi connectivity index (χ2n) is 6.21. The summed E-state index contributed by atoms with van der Waals surface area (Å²) in [6, 6.07) is 10.2. The standard InChI is InChI=1S/C19H24N2O3S/c1-2-24-18(22)19(8-10-23-11-9-19)14-20-12-16-13-21-17(25-16)15-6-4-3-5-7-15/h3-7,13,20H,2,8-12,14H2,1H3. The van der Waals surface area contributed by atoms with Crippen LogP contribution >= 0.6 is 11.3 Å². The highest BCUT2D eigenvalue weighted by Crippen LogP contribution is 2.32. The minimum atomic E-state index is -0.471. The highest BCUT2D eigenvalue weighted by Gasteiger charge is 2.41. The topological polar surface area (TPSA) is 60.5 Å². The maximum Gasteiger partial charge on any atom is 0.313 e. The Labute approximate surface area is 152 Å². The van der Waals surface area contributed by atoms with Crippen LogP contribution in [0.25, 0.3) is 10.6 Å². The Hall–Kier alpha value is -1.76. The minimum Gasteiger partial charge on any atom is -0.466 e. The molecule has 6 heteroatoms. The van der Waals surface area contributed by atoms with Crippen LogP contribution in [0, 0.1) is 5.41 Å². The van der Waals surface area contributed by atoms with Crippen LogP contribution in [-0.2, 0) is 20.8 Å². The van der Waals surface area contributed by atoms with Crippen molar-refractivity contribution in [2.75, 3.05) is 26.4 Å². The van der Waals surface area contributed by atoms with Crippen molar-refractivity contribution in [1.82, 2.24) is 10.3 Å². The molecule has 2 aromatic rings. The zero-order valence-electron chi connectivity index (χ0n) is 14.5. The predicted molar refractivity (Wildman–Crippen MR) is 98.4 cm³/mol. The molecule has 25 heavy (non-hydrogen) atoms. The average Bonchev–Trinajstić information content (AvgIpc) is 3.12. The van der Waals surface area contributed by atoms with Gasteiger partial charge in [-0.1, -0.05) is 30.3 Å². The molecule has 1 saturated heterocycles. The lowest BCUT2D eigenvalue weighted by Crippen LogP contribution is -2.45. The first-order chi connectivity index (χ1) is 12.2. The predicted octanol–water partition coefficient (Wildman–Crippen LogP) is 3.26. The highest BCUT2D eigenvalue weighted by molar-refractivity contribution is 7.15. The molecule has 1 N–H and O–H groups in total. The summed E-state index contributed by atoms with van der Waals surface area (Å²) >= 11 is 1.68. The average molecular weight is 360 g/mol. The number of rotatable bonds is 7. The van der Waals surface area contributed by atoms with E-state index in [0.29, 0.717) is 45.8 Å². The van der Waals surface area contributed by atoms with Gasteiger partial charge in [0, 0.05) is 42.9 Å². The summed E-state index contributed by atoms with van der Waals surface area (Å²) in [5.74, 6) is -0.111. The largest absolute Gasteiger partial charge is 0.466 e. The van der Waals surface area contributed by atoms with Crippen LogP contribution < -0.4 is 5.32 Å². The molecule has 134 valence electrons. The Morgan fingerprint density at radius 2 is 2.08 bits per heavy atom. The second kappa shape index (κ2) is 8.56. The van der Waals surface area contributed by atoms with Gasteiger partial charge in [-0.05, 0) is 19.8 Å². The molecule has 0 spiro atoms. The van der Waals surface area contributed by atoms with E-state index in [4.69, 9.17) is 9.47 Å². The first kappa shape index (κ1) is 18.0. The molecule has 0 atom stereocenters. The maximum atomic E-state index is 12.4. The third kappa shape index (κ3) is 4.45. The van der Waals surface area contributed by atoms with E-state index in [2.05, 4.69) is 22.4 Å². The number of benzene rings is 1. The molecule has 1 fully saturated rings. The van der Waals surface area contributed by atoms with E-state index < -0.39 is 5.41 Å². The summed E-state index contributed by atoms with van der Waals surface area (Å²) in [6.07, 6.45) is 3.31. The third-order valence-corrected chi connectivity index (χ3v) is 5.54. The number of hydrogen-bond acceptors (Lipinski definition) is 6. The Kier molecular flexibility index (Phi) is 6.18. The fourth-order valence-corrected chi connectivity index (χ4v) is 3.92. The van der Waals surface area contributed by atoms with Gasteiger partial charge in [0.15, 0.2) is 0 Å². The monoisotopic (exact) mass is 360 g/mol. The summed E-state index contributed by atoms with van der Waals surface area (Å²) < 4.78 is 10.7. The molecule has 0 saturated carbocycles. The molecule has 0 amide bonds. The van der Waals surface area contributed by atoms with Crippen LogP contribution in [0.5, 0.6) is 0 Å². The zero-order valence-corrected chi connectivity index (χ0v) is 15.3. The van der Waals surface area contributed by atoms with Crippen molar-refractivity contribution in [3.05, 3.63) is 41.4 Å². The number of aromatic nitrogens is 1. The zero-order chi connectivity index (χ0) is 17.5. The van der Waals surface area contributed by atoms with Gasteiger partial charge in [0.05, 0.1) is 12.0 Å². The van der Waals surface area contributed by atoms with Gasteiger partial charge in [0.2, 0.25) is 0 Å². The number of nitrogens with zero attached hydrogens (tertiary/aromatic N) is 1. The summed E-state index contributed by atoms with van der Waals surface area (Å²) in [4.78, 5) is 18.1. The number of esters is 1. The van der Waals surface area contributed by atoms with Crippen LogP contribution in [0.1, 0.15) is 24.6 Å². The lowest BCUT2D eigenvalue weighted by atomic mass is 9.80. The van der Waals surface area contributed by atoms with E-state index in [1.165, 1.54) is 0 Å². The smallest absolute Gasteiger partial charge is 0.313 e. The number of carbonyl (C=O) groups excluding carboxylic acids is 1. The van der Waals surface area contributed by atoms with E-state index >= 15 is 0 Å². The summed E-state index contributed by atoms with van der Waals surface area (Å²) in [5.41, 5.74) is 0.660. The van der Waals surface area contributed by atoms with Crippen LogP contribution in [0.4, 0.5) is 0 Å². The lowest BCUT2D eigenvalue weighted by Gasteiger charge is -2.34. The molecule has 1 aromatic heterocycles. The molecule has 0 bridgehead atoms. The van der Waals surface area contributed by atoms with Crippen molar-refractivity contribution in [2.24, 2.45) is 5.41 Å². The fraction of sp³-hybridized carbons (Fsp3) is 0.474. The number of ether oxygens (including phenoxy) is 2. The van der Waals surface area contributed by atoms with Crippen molar-refractivity contribution in [3.8, 4) is 10.6 Å². The maximum absolute atomic E-state index is 12.4. The van der Waals surface area contributed by atoms with Gasteiger partial charge in [-0.15, -0.1) is 11.3 Å². The van der Waals surface area contributed by atoms with Gasteiger partial charge in [-0.3, -0.25) is 4.79 Å². The molecule has 1 aliphatic rings. The van der Waals surface area contributed by atoms with Gasteiger partial charge in [-0.25, -0.2) is 4.98 Å². The van der Waals surface area contributed by atoms with E-state index in [1.54, 1.807) is 11.3 Å². The molecule has 0 radical (unpaired) electrons.